The fourth-order valence-electron chi connectivity index (χ4n) is 3.51. The highest BCUT2D eigenvalue weighted by molar-refractivity contribution is 6.34. The van der Waals surface area contributed by atoms with Crippen LogP contribution in [-0.2, 0) is 5.41 Å². The molecule has 0 saturated carbocycles. The number of amides is 1. The van der Waals surface area contributed by atoms with Gasteiger partial charge in [-0.3, -0.25) is 4.79 Å². The molecule has 1 aliphatic rings. The van der Waals surface area contributed by atoms with Crippen molar-refractivity contribution < 1.29 is 4.79 Å². The van der Waals surface area contributed by atoms with Crippen molar-refractivity contribution in [2.24, 2.45) is 5.92 Å². The molecule has 150 valence electrons. The summed E-state index contributed by atoms with van der Waals surface area (Å²) >= 11 is 6.37. The van der Waals surface area contributed by atoms with E-state index in [1.54, 1.807) is 6.07 Å². The van der Waals surface area contributed by atoms with E-state index in [0.29, 0.717) is 22.0 Å². The number of nitrogens with zero attached hydrogens (tertiary/aromatic N) is 1. The van der Waals surface area contributed by atoms with Gasteiger partial charge in [-0.2, -0.15) is 0 Å². The number of halogens is 1. The summed E-state index contributed by atoms with van der Waals surface area (Å²) in [6.07, 6.45) is 2.29. The number of carbonyl (C=O) groups excluding carboxylic acids is 1. The Morgan fingerprint density at radius 3 is 2.32 bits per heavy atom. The molecule has 0 spiro atoms. The van der Waals surface area contributed by atoms with Gasteiger partial charge in [0.05, 0.1) is 22.1 Å². The average molecular weight is 400 g/mol. The second-order valence-electron chi connectivity index (χ2n) is 8.84. The molecule has 2 aromatic rings. The van der Waals surface area contributed by atoms with Crippen molar-refractivity contribution in [2.45, 2.75) is 46.0 Å². The number of nitrogens with two attached hydrogens (primary N) is 1. The Labute approximate surface area is 173 Å². The minimum Gasteiger partial charge on any atom is -0.397 e. The normalized spacial score (nSPS) is 15.5. The summed E-state index contributed by atoms with van der Waals surface area (Å²) < 4.78 is 0. The first-order valence-corrected chi connectivity index (χ1v) is 10.3. The Morgan fingerprint density at radius 2 is 1.75 bits per heavy atom. The van der Waals surface area contributed by atoms with Gasteiger partial charge in [0.15, 0.2) is 0 Å². The van der Waals surface area contributed by atoms with Crippen molar-refractivity contribution in [2.75, 3.05) is 29.0 Å². The maximum atomic E-state index is 12.7. The Morgan fingerprint density at radius 1 is 1.14 bits per heavy atom. The third-order valence-electron chi connectivity index (χ3n) is 5.50. The molecule has 1 heterocycles. The molecular weight excluding hydrogens is 370 g/mol. The van der Waals surface area contributed by atoms with Crippen LogP contribution in [0.1, 0.15) is 56.5 Å². The van der Waals surface area contributed by atoms with Gasteiger partial charge >= 0.3 is 0 Å². The van der Waals surface area contributed by atoms with Gasteiger partial charge in [0.2, 0.25) is 0 Å². The van der Waals surface area contributed by atoms with E-state index in [0.717, 1.165) is 37.5 Å². The molecule has 2 aromatic carbocycles. The lowest BCUT2D eigenvalue weighted by atomic mass is 9.87. The van der Waals surface area contributed by atoms with Crippen LogP contribution in [0, 0.1) is 5.92 Å². The Balaban J connectivity index is 1.79. The Kier molecular flexibility index (Phi) is 5.90. The van der Waals surface area contributed by atoms with Crippen LogP contribution in [0.15, 0.2) is 36.4 Å². The first-order chi connectivity index (χ1) is 13.1. The zero-order valence-electron chi connectivity index (χ0n) is 17.2. The number of benzene rings is 2. The molecular formula is C23H30ClN3O. The largest absolute Gasteiger partial charge is 0.397 e. The van der Waals surface area contributed by atoms with E-state index in [1.807, 2.05) is 30.3 Å². The molecule has 3 rings (SSSR count). The average Bonchev–Trinajstić information content (AvgIpc) is 2.64. The summed E-state index contributed by atoms with van der Waals surface area (Å²) in [4.78, 5) is 15.0. The monoisotopic (exact) mass is 399 g/mol. The zero-order chi connectivity index (χ0) is 20.5. The number of carbonyl (C=O) groups is 1. The van der Waals surface area contributed by atoms with Gasteiger partial charge in [0.25, 0.3) is 5.91 Å². The summed E-state index contributed by atoms with van der Waals surface area (Å²) in [7, 11) is 0. The van der Waals surface area contributed by atoms with Crippen LogP contribution in [0.4, 0.5) is 17.1 Å². The lowest BCUT2D eigenvalue weighted by Crippen LogP contribution is -2.33. The predicted octanol–water partition coefficient (Wildman–Crippen LogP) is 5.71. The van der Waals surface area contributed by atoms with Crippen LogP contribution >= 0.6 is 11.6 Å². The minimum absolute atomic E-state index is 0.0517. The number of nitrogen functional groups attached to an aromatic ring is 1. The maximum absolute atomic E-state index is 12.7. The fraction of sp³-hybridized carbons (Fsp3) is 0.435. The SMILES string of the molecule is CC1CCN(c2cc(NC(=O)c3ccc(C(C)(C)C)cc3)c(Cl)cc2N)CC1. The molecule has 0 aliphatic carbocycles. The third-order valence-corrected chi connectivity index (χ3v) is 5.81. The molecule has 0 bridgehead atoms. The molecule has 3 N–H and O–H groups in total. The van der Waals surface area contributed by atoms with Crippen LogP contribution < -0.4 is 16.0 Å². The van der Waals surface area contributed by atoms with Gasteiger partial charge in [-0.05, 0) is 54.0 Å². The van der Waals surface area contributed by atoms with Gasteiger partial charge in [-0.1, -0.05) is 51.4 Å². The van der Waals surface area contributed by atoms with Crippen LogP contribution in [0.2, 0.25) is 5.02 Å². The van der Waals surface area contributed by atoms with Crippen molar-refractivity contribution in [1.82, 2.24) is 0 Å². The number of hydrogen-bond acceptors (Lipinski definition) is 3. The summed E-state index contributed by atoms with van der Waals surface area (Å²) in [6.45, 7) is 10.7. The molecule has 0 atom stereocenters. The van der Waals surface area contributed by atoms with E-state index in [-0.39, 0.29) is 11.3 Å². The second-order valence-corrected chi connectivity index (χ2v) is 9.25. The number of anilines is 3. The van der Waals surface area contributed by atoms with Crippen molar-refractivity contribution >= 4 is 34.6 Å². The molecule has 0 aromatic heterocycles. The number of piperidine rings is 1. The molecule has 5 heteroatoms. The molecule has 1 aliphatic heterocycles. The lowest BCUT2D eigenvalue weighted by Gasteiger charge is -2.33. The fourth-order valence-corrected chi connectivity index (χ4v) is 3.73. The van der Waals surface area contributed by atoms with E-state index in [1.165, 1.54) is 5.56 Å². The van der Waals surface area contributed by atoms with Gasteiger partial charge in [0, 0.05) is 18.7 Å². The van der Waals surface area contributed by atoms with Gasteiger partial charge < -0.3 is 16.0 Å². The molecule has 0 unspecified atom stereocenters. The maximum Gasteiger partial charge on any atom is 0.255 e. The standard InChI is InChI=1S/C23H30ClN3O/c1-15-9-11-27(12-10-15)21-14-20(18(24)13-19(21)25)26-22(28)16-5-7-17(8-6-16)23(2,3)4/h5-8,13-15H,9-12,25H2,1-4H3,(H,26,28). The van der Waals surface area contributed by atoms with Crippen LogP contribution in [-0.4, -0.2) is 19.0 Å². The van der Waals surface area contributed by atoms with Crippen LogP contribution in [0.25, 0.3) is 0 Å². The summed E-state index contributed by atoms with van der Waals surface area (Å²) in [5, 5.41) is 3.40. The molecule has 1 saturated heterocycles. The highest BCUT2D eigenvalue weighted by atomic mass is 35.5. The predicted molar refractivity (Wildman–Crippen MR) is 120 cm³/mol. The molecule has 28 heavy (non-hydrogen) atoms. The van der Waals surface area contributed by atoms with Gasteiger partial charge in [0.1, 0.15) is 0 Å². The third kappa shape index (κ3) is 4.61. The van der Waals surface area contributed by atoms with E-state index < -0.39 is 0 Å². The van der Waals surface area contributed by atoms with Crippen molar-refractivity contribution in [3.63, 3.8) is 0 Å². The van der Waals surface area contributed by atoms with Gasteiger partial charge in [-0.15, -0.1) is 0 Å². The highest BCUT2D eigenvalue weighted by Gasteiger charge is 2.20. The summed E-state index contributed by atoms with van der Waals surface area (Å²) in [6, 6.07) is 11.3. The highest BCUT2D eigenvalue weighted by Crippen LogP contribution is 2.35. The topological polar surface area (TPSA) is 58.4 Å². The first-order valence-electron chi connectivity index (χ1n) is 9.91. The Hall–Kier alpha value is -2.20. The summed E-state index contributed by atoms with van der Waals surface area (Å²) in [5.41, 5.74) is 10.2. The number of nitrogens with one attached hydrogen (secondary N) is 1. The van der Waals surface area contributed by atoms with Gasteiger partial charge in [-0.25, -0.2) is 0 Å². The van der Waals surface area contributed by atoms with E-state index in [9.17, 15) is 4.79 Å². The molecule has 4 nitrogen and oxygen atoms in total. The van der Waals surface area contributed by atoms with E-state index >= 15 is 0 Å². The smallest absolute Gasteiger partial charge is 0.255 e. The van der Waals surface area contributed by atoms with Crippen molar-refractivity contribution in [3.8, 4) is 0 Å². The van der Waals surface area contributed by atoms with Crippen molar-refractivity contribution in [1.29, 1.82) is 0 Å². The minimum atomic E-state index is -0.176. The number of hydrogen-bond donors (Lipinski definition) is 2. The van der Waals surface area contributed by atoms with Crippen LogP contribution in [0.5, 0.6) is 0 Å². The van der Waals surface area contributed by atoms with Crippen molar-refractivity contribution in [3.05, 3.63) is 52.5 Å². The zero-order valence-corrected chi connectivity index (χ0v) is 17.9. The summed E-state index contributed by atoms with van der Waals surface area (Å²) in [5.74, 6) is 0.561. The lowest BCUT2D eigenvalue weighted by molar-refractivity contribution is 0.102. The number of rotatable bonds is 3. The molecule has 1 fully saturated rings. The van der Waals surface area contributed by atoms with E-state index in [4.69, 9.17) is 17.3 Å². The Bertz CT molecular complexity index is 847. The van der Waals surface area contributed by atoms with Crippen LogP contribution in [0.3, 0.4) is 0 Å². The molecule has 1 amide bonds. The van der Waals surface area contributed by atoms with E-state index in [2.05, 4.69) is 37.9 Å². The quantitative estimate of drug-likeness (QED) is 0.650. The molecule has 0 radical (unpaired) electrons. The second kappa shape index (κ2) is 8.04. The first kappa shape index (κ1) is 20.5.